The molecular weight excluding hydrogens is 352 g/mol. The SMILES string of the molecule is CN(Cc1cc(Br)cs1)C(CN)c1ccc2c(c1)OCO2. The van der Waals surface area contributed by atoms with Crippen LogP contribution in [0, 0.1) is 0 Å². The van der Waals surface area contributed by atoms with E-state index in [-0.39, 0.29) is 6.04 Å². The summed E-state index contributed by atoms with van der Waals surface area (Å²) in [5.74, 6) is 1.61. The minimum Gasteiger partial charge on any atom is -0.454 e. The lowest BCUT2D eigenvalue weighted by molar-refractivity contribution is 0.173. The van der Waals surface area contributed by atoms with Gasteiger partial charge in [0.15, 0.2) is 11.5 Å². The van der Waals surface area contributed by atoms with Crippen molar-refractivity contribution in [3.63, 3.8) is 0 Å². The molecule has 2 N–H and O–H groups in total. The highest BCUT2D eigenvalue weighted by Crippen LogP contribution is 2.35. The molecule has 2 heterocycles. The zero-order chi connectivity index (χ0) is 14.8. The van der Waals surface area contributed by atoms with E-state index in [1.807, 2.05) is 12.1 Å². The molecule has 6 heteroatoms. The number of hydrogen-bond donors (Lipinski definition) is 1. The number of nitrogens with zero attached hydrogens (tertiary/aromatic N) is 1. The Bertz CT molecular complexity index is 632. The van der Waals surface area contributed by atoms with Crippen LogP contribution in [0.3, 0.4) is 0 Å². The normalized spacial score (nSPS) is 14.7. The third kappa shape index (κ3) is 3.23. The van der Waals surface area contributed by atoms with Crippen LogP contribution in [-0.4, -0.2) is 25.3 Å². The van der Waals surface area contributed by atoms with E-state index in [1.165, 1.54) is 4.88 Å². The number of halogens is 1. The van der Waals surface area contributed by atoms with Crippen LogP contribution in [0.15, 0.2) is 34.1 Å². The molecule has 0 radical (unpaired) electrons. The smallest absolute Gasteiger partial charge is 0.231 e. The minimum atomic E-state index is 0.153. The van der Waals surface area contributed by atoms with Gasteiger partial charge in [-0.3, -0.25) is 4.90 Å². The van der Waals surface area contributed by atoms with Crippen molar-refractivity contribution in [1.29, 1.82) is 0 Å². The quantitative estimate of drug-likeness (QED) is 0.878. The first kappa shape index (κ1) is 14.8. The van der Waals surface area contributed by atoms with Gasteiger partial charge >= 0.3 is 0 Å². The number of thiophene rings is 1. The van der Waals surface area contributed by atoms with Gasteiger partial charge in [-0.05, 0) is 46.7 Å². The first-order valence-electron chi connectivity index (χ1n) is 6.70. The Morgan fingerprint density at radius 2 is 2.14 bits per heavy atom. The van der Waals surface area contributed by atoms with Gasteiger partial charge in [-0.15, -0.1) is 11.3 Å². The van der Waals surface area contributed by atoms with Crippen molar-refractivity contribution in [2.45, 2.75) is 12.6 Å². The minimum absolute atomic E-state index is 0.153. The monoisotopic (exact) mass is 368 g/mol. The standard InChI is InChI=1S/C15H17BrN2O2S/c1-18(7-12-5-11(16)8-21-12)13(6-17)10-2-3-14-15(4-10)20-9-19-14/h2-5,8,13H,6-7,9,17H2,1H3. The van der Waals surface area contributed by atoms with Crippen molar-refractivity contribution in [2.24, 2.45) is 5.73 Å². The van der Waals surface area contributed by atoms with Crippen LogP contribution in [-0.2, 0) is 6.54 Å². The fourth-order valence-electron chi connectivity index (χ4n) is 2.48. The Labute approximate surface area is 136 Å². The summed E-state index contributed by atoms with van der Waals surface area (Å²) in [5, 5.41) is 2.10. The first-order valence-corrected chi connectivity index (χ1v) is 8.37. The van der Waals surface area contributed by atoms with Crippen LogP contribution in [0.2, 0.25) is 0 Å². The van der Waals surface area contributed by atoms with Gasteiger partial charge in [0.25, 0.3) is 0 Å². The Kier molecular flexibility index (Phi) is 4.49. The molecule has 1 unspecified atom stereocenters. The lowest BCUT2D eigenvalue weighted by atomic mass is 10.0. The molecule has 0 saturated carbocycles. The molecule has 0 aliphatic carbocycles. The van der Waals surface area contributed by atoms with Crippen LogP contribution in [0.4, 0.5) is 0 Å². The van der Waals surface area contributed by atoms with Gasteiger partial charge in [0.05, 0.1) is 0 Å². The van der Waals surface area contributed by atoms with E-state index in [9.17, 15) is 0 Å². The highest BCUT2D eigenvalue weighted by atomic mass is 79.9. The molecule has 4 nitrogen and oxygen atoms in total. The second-order valence-corrected chi connectivity index (χ2v) is 6.92. The van der Waals surface area contributed by atoms with Gasteiger partial charge < -0.3 is 15.2 Å². The van der Waals surface area contributed by atoms with Gasteiger partial charge in [-0.1, -0.05) is 6.07 Å². The molecule has 0 spiro atoms. The fourth-order valence-corrected chi connectivity index (χ4v) is 4.00. The number of rotatable bonds is 5. The van der Waals surface area contributed by atoms with Crippen LogP contribution in [0.25, 0.3) is 0 Å². The fraction of sp³-hybridized carbons (Fsp3) is 0.333. The van der Waals surface area contributed by atoms with Gasteiger partial charge in [0.2, 0.25) is 6.79 Å². The highest BCUT2D eigenvalue weighted by Gasteiger charge is 2.20. The maximum Gasteiger partial charge on any atom is 0.231 e. The van der Waals surface area contributed by atoms with Crippen molar-refractivity contribution in [2.75, 3.05) is 20.4 Å². The molecule has 0 saturated heterocycles. The van der Waals surface area contributed by atoms with Crippen molar-refractivity contribution in [3.8, 4) is 11.5 Å². The summed E-state index contributed by atoms with van der Waals surface area (Å²) in [7, 11) is 2.09. The summed E-state index contributed by atoms with van der Waals surface area (Å²) < 4.78 is 11.9. The maximum absolute atomic E-state index is 5.99. The Morgan fingerprint density at radius 3 is 2.86 bits per heavy atom. The molecule has 1 aliphatic heterocycles. The van der Waals surface area contributed by atoms with Crippen LogP contribution in [0.5, 0.6) is 11.5 Å². The summed E-state index contributed by atoms with van der Waals surface area (Å²) in [6.45, 7) is 1.72. The largest absolute Gasteiger partial charge is 0.454 e. The van der Waals surface area contributed by atoms with Crippen LogP contribution in [0.1, 0.15) is 16.5 Å². The predicted molar refractivity (Wildman–Crippen MR) is 87.8 cm³/mol. The van der Waals surface area contributed by atoms with Crippen LogP contribution >= 0.6 is 27.3 Å². The molecule has 1 aliphatic rings. The van der Waals surface area contributed by atoms with Gasteiger partial charge in [0.1, 0.15) is 0 Å². The van der Waals surface area contributed by atoms with Gasteiger partial charge in [0, 0.05) is 33.9 Å². The molecule has 1 atom stereocenters. The maximum atomic E-state index is 5.99. The molecule has 1 aromatic heterocycles. The Morgan fingerprint density at radius 1 is 1.33 bits per heavy atom. The average Bonchev–Trinajstić information content (AvgIpc) is 3.08. The zero-order valence-corrected chi connectivity index (χ0v) is 14.1. The zero-order valence-electron chi connectivity index (χ0n) is 11.7. The van der Waals surface area contributed by atoms with E-state index >= 15 is 0 Å². The lowest BCUT2D eigenvalue weighted by Crippen LogP contribution is -2.29. The number of ether oxygens (including phenoxy) is 2. The van der Waals surface area contributed by atoms with Crippen molar-refractivity contribution >= 4 is 27.3 Å². The molecule has 0 fully saturated rings. The number of nitrogens with two attached hydrogens (primary N) is 1. The Hall–Kier alpha value is -1.08. The summed E-state index contributed by atoms with van der Waals surface area (Å²) in [6.07, 6.45) is 0. The summed E-state index contributed by atoms with van der Waals surface area (Å²) >= 11 is 5.24. The number of hydrogen-bond acceptors (Lipinski definition) is 5. The molecule has 1 aromatic carbocycles. The van der Waals surface area contributed by atoms with E-state index in [1.54, 1.807) is 11.3 Å². The topological polar surface area (TPSA) is 47.7 Å². The lowest BCUT2D eigenvalue weighted by Gasteiger charge is -2.27. The molecule has 112 valence electrons. The number of benzene rings is 1. The van der Waals surface area contributed by atoms with E-state index in [2.05, 4.69) is 45.4 Å². The summed E-state index contributed by atoms with van der Waals surface area (Å²) in [5.41, 5.74) is 7.14. The molecular formula is C15H17BrN2O2S. The van der Waals surface area contributed by atoms with Crippen molar-refractivity contribution < 1.29 is 9.47 Å². The molecule has 0 bridgehead atoms. The second kappa shape index (κ2) is 6.36. The van der Waals surface area contributed by atoms with E-state index in [0.29, 0.717) is 13.3 Å². The molecule has 3 rings (SSSR count). The molecule has 2 aromatic rings. The highest BCUT2D eigenvalue weighted by molar-refractivity contribution is 9.10. The predicted octanol–water partition coefficient (Wildman–Crippen LogP) is 3.37. The van der Waals surface area contributed by atoms with Crippen LogP contribution < -0.4 is 15.2 Å². The Balaban J connectivity index is 1.77. The third-order valence-electron chi connectivity index (χ3n) is 3.56. The molecule has 21 heavy (non-hydrogen) atoms. The summed E-state index contributed by atoms with van der Waals surface area (Å²) in [6, 6.07) is 8.34. The van der Waals surface area contributed by atoms with E-state index in [4.69, 9.17) is 15.2 Å². The van der Waals surface area contributed by atoms with Gasteiger partial charge in [-0.25, -0.2) is 0 Å². The average molecular weight is 369 g/mol. The number of likely N-dealkylation sites (N-methyl/N-ethyl adjacent to an activating group) is 1. The second-order valence-electron chi connectivity index (χ2n) is 5.01. The van der Waals surface area contributed by atoms with Crippen molar-refractivity contribution in [3.05, 3.63) is 44.6 Å². The first-order chi connectivity index (χ1) is 10.2. The van der Waals surface area contributed by atoms with E-state index in [0.717, 1.165) is 28.1 Å². The number of fused-ring (bicyclic) bond motifs is 1. The van der Waals surface area contributed by atoms with Gasteiger partial charge in [-0.2, -0.15) is 0 Å². The molecule has 0 amide bonds. The summed E-state index contributed by atoms with van der Waals surface area (Å²) in [4.78, 5) is 3.57. The van der Waals surface area contributed by atoms with Crippen molar-refractivity contribution in [1.82, 2.24) is 4.90 Å². The van der Waals surface area contributed by atoms with E-state index < -0.39 is 0 Å². The third-order valence-corrected chi connectivity index (χ3v) is 5.25.